The standard InChI is InChI=1S/C20H26N2O4S/c1-4-26-19-9-11-20(12-10-19)27(24,25)21-13-14-22(17(3)23)15-18-7-5-16(2)6-8-18/h5-12,21H,4,13-15H2,1-3H3. The summed E-state index contributed by atoms with van der Waals surface area (Å²) in [4.78, 5) is 13.7. The Morgan fingerprint density at radius 3 is 2.26 bits per heavy atom. The molecule has 0 atom stereocenters. The van der Waals surface area contributed by atoms with Gasteiger partial charge in [-0.15, -0.1) is 0 Å². The lowest BCUT2D eigenvalue weighted by Gasteiger charge is -2.21. The van der Waals surface area contributed by atoms with Gasteiger partial charge in [-0.3, -0.25) is 4.79 Å². The maximum Gasteiger partial charge on any atom is 0.240 e. The molecule has 7 heteroatoms. The zero-order valence-corrected chi connectivity index (χ0v) is 16.8. The number of aryl methyl sites for hydroxylation is 1. The summed E-state index contributed by atoms with van der Waals surface area (Å²) in [7, 11) is -3.64. The highest BCUT2D eigenvalue weighted by atomic mass is 32.2. The molecule has 1 amide bonds. The molecule has 0 aromatic heterocycles. The van der Waals surface area contributed by atoms with Crippen molar-refractivity contribution in [1.82, 2.24) is 9.62 Å². The van der Waals surface area contributed by atoms with Crippen LogP contribution in [0.1, 0.15) is 25.0 Å². The first-order valence-corrected chi connectivity index (χ1v) is 10.3. The van der Waals surface area contributed by atoms with Crippen molar-refractivity contribution in [3.8, 4) is 5.75 Å². The van der Waals surface area contributed by atoms with Gasteiger partial charge in [-0.2, -0.15) is 0 Å². The maximum absolute atomic E-state index is 12.4. The Morgan fingerprint density at radius 1 is 1.07 bits per heavy atom. The topological polar surface area (TPSA) is 75.7 Å². The van der Waals surface area contributed by atoms with E-state index in [0.29, 0.717) is 25.4 Å². The summed E-state index contributed by atoms with van der Waals surface area (Å²) in [5.74, 6) is 0.521. The molecule has 0 saturated carbocycles. The van der Waals surface area contributed by atoms with Gasteiger partial charge in [0, 0.05) is 26.6 Å². The summed E-state index contributed by atoms with van der Waals surface area (Å²) in [6, 6.07) is 14.2. The molecule has 27 heavy (non-hydrogen) atoms. The Kier molecular flexibility index (Phi) is 7.38. The lowest BCUT2D eigenvalue weighted by Crippen LogP contribution is -2.37. The van der Waals surface area contributed by atoms with E-state index in [4.69, 9.17) is 4.74 Å². The van der Waals surface area contributed by atoms with Crippen LogP contribution in [0.5, 0.6) is 5.75 Å². The minimum Gasteiger partial charge on any atom is -0.494 e. The number of amides is 1. The number of nitrogens with one attached hydrogen (secondary N) is 1. The molecule has 0 bridgehead atoms. The molecule has 146 valence electrons. The molecule has 0 saturated heterocycles. The van der Waals surface area contributed by atoms with Gasteiger partial charge in [-0.05, 0) is 43.7 Å². The molecule has 6 nitrogen and oxygen atoms in total. The third-order valence-electron chi connectivity index (χ3n) is 4.06. The van der Waals surface area contributed by atoms with E-state index in [-0.39, 0.29) is 17.3 Å². The molecule has 0 aliphatic carbocycles. The number of carbonyl (C=O) groups is 1. The number of benzene rings is 2. The predicted molar refractivity (Wildman–Crippen MR) is 105 cm³/mol. The van der Waals surface area contributed by atoms with Gasteiger partial charge in [0.05, 0.1) is 11.5 Å². The second-order valence-electron chi connectivity index (χ2n) is 6.23. The monoisotopic (exact) mass is 390 g/mol. The summed E-state index contributed by atoms with van der Waals surface area (Å²) < 4.78 is 32.6. The van der Waals surface area contributed by atoms with Crippen LogP contribution in [0.4, 0.5) is 0 Å². The summed E-state index contributed by atoms with van der Waals surface area (Å²) in [6.45, 7) is 6.74. The zero-order chi connectivity index (χ0) is 19.9. The number of sulfonamides is 1. The zero-order valence-electron chi connectivity index (χ0n) is 15.9. The van der Waals surface area contributed by atoms with Gasteiger partial charge < -0.3 is 9.64 Å². The fourth-order valence-electron chi connectivity index (χ4n) is 2.54. The van der Waals surface area contributed by atoms with E-state index in [2.05, 4.69) is 4.72 Å². The van der Waals surface area contributed by atoms with Crippen LogP contribution in [-0.2, 0) is 21.4 Å². The van der Waals surface area contributed by atoms with Crippen LogP contribution in [0.25, 0.3) is 0 Å². The van der Waals surface area contributed by atoms with Crippen molar-refractivity contribution in [2.24, 2.45) is 0 Å². The highest BCUT2D eigenvalue weighted by Crippen LogP contribution is 2.15. The van der Waals surface area contributed by atoms with E-state index in [1.807, 2.05) is 38.1 Å². The van der Waals surface area contributed by atoms with E-state index in [9.17, 15) is 13.2 Å². The molecule has 0 radical (unpaired) electrons. The second-order valence-corrected chi connectivity index (χ2v) is 8.00. The summed E-state index contributed by atoms with van der Waals surface area (Å²) in [5, 5.41) is 0. The van der Waals surface area contributed by atoms with Crippen LogP contribution < -0.4 is 9.46 Å². The fourth-order valence-corrected chi connectivity index (χ4v) is 3.56. The Bertz CT molecular complexity index is 847. The smallest absolute Gasteiger partial charge is 0.240 e. The Labute approximate surface area is 161 Å². The van der Waals surface area contributed by atoms with Crippen molar-refractivity contribution in [1.29, 1.82) is 0 Å². The average Bonchev–Trinajstić information content (AvgIpc) is 2.63. The van der Waals surface area contributed by atoms with Crippen molar-refractivity contribution in [3.63, 3.8) is 0 Å². The van der Waals surface area contributed by atoms with Gasteiger partial charge in [0.2, 0.25) is 15.9 Å². The molecule has 0 fully saturated rings. The molecule has 0 aliphatic heterocycles. The fraction of sp³-hybridized carbons (Fsp3) is 0.350. The average molecular weight is 391 g/mol. The van der Waals surface area contributed by atoms with Gasteiger partial charge in [0.1, 0.15) is 5.75 Å². The Hall–Kier alpha value is -2.38. The van der Waals surface area contributed by atoms with E-state index >= 15 is 0 Å². The molecule has 0 unspecified atom stereocenters. The van der Waals surface area contributed by atoms with Crippen molar-refractivity contribution < 1.29 is 17.9 Å². The second kappa shape index (κ2) is 9.53. The third-order valence-corrected chi connectivity index (χ3v) is 5.54. The maximum atomic E-state index is 12.4. The summed E-state index contributed by atoms with van der Waals surface area (Å²) >= 11 is 0. The number of carbonyl (C=O) groups excluding carboxylic acids is 1. The normalized spacial score (nSPS) is 11.2. The quantitative estimate of drug-likeness (QED) is 0.714. The van der Waals surface area contributed by atoms with Crippen LogP contribution in [-0.4, -0.2) is 38.9 Å². The molecular weight excluding hydrogens is 364 g/mol. The predicted octanol–water partition coefficient (Wildman–Crippen LogP) is 2.72. The lowest BCUT2D eigenvalue weighted by molar-refractivity contribution is -0.129. The van der Waals surface area contributed by atoms with Crippen LogP contribution in [0, 0.1) is 6.92 Å². The molecule has 2 rings (SSSR count). The molecular formula is C20H26N2O4S. The molecule has 0 spiro atoms. The van der Waals surface area contributed by atoms with E-state index < -0.39 is 10.0 Å². The first kappa shape index (κ1) is 20.9. The van der Waals surface area contributed by atoms with Crippen molar-refractivity contribution in [2.75, 3.05) is 19.7 Å². The largest absolute Gasteiger partial charge is 0.494 e. The van der Waals surface area contributed by atoms with E-state index in [1.165, 1.54) is 19.1 Å². The first-order chi connectivity index (χ1) is 12.8. The molecule has 2 aromatic rings. The minimum absolute atomic E-state index is 0.101. The van der Waals surface area contributed by atoms with E-state index in [0.717, 1.165) is 11.1 Å². The van der Waals surface area contributed by atoms with Gasteiger partial charge >= 0.3 is 0 Å². The molecule has 2 aromatic carbocycles. The lowest BCUT2D eigenvalue weighted by atomic mass is 10.1. The highest BCUT2D eigenvalue weighted by molar-refractivity contribution is 7.89. The number of hydrogen-bond acceptors (Lipinski definition) is 4. The minimum atomic E-state index is -3.64. The van der Waals surface area contributed by atoms with Crippen molar-refractivity contribution in [3.05, 3.63) is 59.7 Å². The molecule has 0 aliphatic rings. The third kappa shape index (κ3) is 6.37. The van der Waals surface area contributed by atoms with E-state index in [1.54, 1.807) is 17.0 Å². The Balaban J connectivity index is 1.94. The number of nitrogens with zero attached hydrogens (tertiary/aromatic N) is 1. The van der Waals surface area contributed by atoms with Crippen LogP contribution in [0.15, 0.2) is 53.4 Å². The highest BCUT2D eigenvalue weighted by Gasteiger charge is 2.15. The molecule has 1 N–H and O–H groups in total. The van der Waals surface area contributed by atoms with Crippen LogP contribution in [0.3, 0.4) is 0 Å². The summed E-state index contributed by atoms with van der Waals surface area (Å²) in [5.41, 5.74) is 2.15. The van der Waals surface area contributed by atoms with Crippen LogP contribution >= 0.6 is 0 Å². The van der Waals surface area contributed by atoms with Gasteiger partial charge in [0.25, 0.3) is 0 Å². The van der Waals surface area contributed by atoms with Crippen molar-refractivity contribution >= 4 is 15.9 Å². The summed E-state index contributed by atoms with van der Waals surface area (Å²) in [6.07, 6.45) is 0. The number of hydrogen-bond donors (Lipinski definition) is 1. The Morgan fingerprint density at radius 2 is 1.70 bits per heavy atom. The van der Waals surface area contributed by atoms with Gasteiger partial charge in [0.15, 0.2) is 0 Å². The number of rotatable bonds is 9. The SMILES string of the molecule is CCOc1ccc(S(=O)(=O)NCCN(Cc2ccc(C)cc2)C(C)=O)cc1. The van der Waals surface area contributed by atoms with Gasteiger partial charge in [-0.1, -0.05) is 29.8 Å². The van der Waals surface area contributed by atoms with Crippen molar-refractivity contribution in [2.45, 2.75) is 32.2 Å². The van der Waals surface area contributed by atoms with Crippen LogP contribution in [0.2, 0.25) is 0 Å². The number of ether oxygens (including phenoxy) is 1. The molecule has 0 heterocycles. The first-order valence-electron chi connectivity index (χ1n) is 8.85. The van der Waals surface area contributed by atoms with Gasteiger partial charge in [-0.25, -0.2) is 13.1 Å².